The lowest BCUT2D eigenvalue weighted by atomic mass is 10.0. The van der Waals surface area contributed by atoms with E-state index < -0.39 is 0 Å². The Labute approximate surface area is 116 Å². The largest absolute Gasteiger partial charge is 0.488 e. The fourth-order valence-corrected chi connectivity index (χ4v) is 2.65. The van der Waals surface area contributed by atoms with Crippen LogP contribution in [0.3, 0.4) is 0 Å². The third kappa shape index (κ3) is 3.95. The molecule has 3 nitrogen and oxygen atoms in total. The van der Waals surface area contributed by atoms with Gasteiger partial charge in [0.15, 0.2) is 0 Å². The highest BCUT2D eigenvalue weighted by atomic mass is 16.5. The predicted molar refractivity (Wildman–Crippen MR) is 77.6 cm³/mol. The van der Waals surface area contributed by atoms with Crippen molar-refractivity contribution in [1.29, 1.82) is 0 Å². The maximum absolute atomic E-state index is 9.36. The molecule has 0 saturated heterocycles. The van der Waals surface area contributed by atoms with E-state index in [2.05, 4.69) is 44.3 Å². The van der Waals surface area contributed by atoms with Crippen LogP contribution in [-0.4, -0.2) is 30.4 Å². The molecule has 2 atom stereocenters. The zero-order valence-electron chi connectivity index (χ0n) is 12.1. The first-order valence-electron chi connectivity index (χ1n) is 7.19. The van der Waals surface area contributed by atoms with Crippen LogP contribution in [0, 0.1) is 12.8 Å². The van der Waals surface area contributed by atoms with Gasteiger partial charge in [0.2, 0.25) is 0 Å². The Hall–Kier alpha value is -1.06. The van der Waals surface area contributed by atoms with Gasteiger partial charge in [-0.25, -0.2) is 0 Å². The monoisotopic (exact) mass is 263 g/mol. The van der Waals surface area contributed by atoms with Crippen molar-refractivity contribution in [2.75, 3.05) is 13.2 Å². The van der Waals surface area contributed by atoms with Crippen LogP contribution in [-0.2, 0) is 6.42 Å². The van der Waals surface area contributed by atoms with Crippen molar-refractivity contribution in [3.8, 4) is 5.75 Å². The van der Waals surface area contributed by atoms with Gasteiger partial charge in [0.25, 0.3) is 0 Å². The van der Waals surface area contributed by atoms with Gasteiger partial charge in [-0.1, -0.05) is 31.5 Å². The Balaban J connectivity index is 1.83. The Morgan fingerprint density at radius 1 is 1.42 bits per heavy atom. The molecule has 2 N–H and O–H groups in total. The standard InChI is InChI=1S/C16H25NO2/c1-11(2)6-14(10-18)17-9-15-8-13-7-12(3)4-5-16(13)19-15/h4-5,7,11,14-15,17-18H,6,8-10H2,1-3H3. The van der Waals surface area contributed by atoms with Crippen LogP contribution in [0.4, 0.5) is 0 Å². The molecule has 2 unspecified atom stereocenters. The number of hydrogen-bond acceptors (Lipinski definition) is 3. The van der Waals surface area contributed by atoms with Gasteiger partial charge in [-0.2, -0.15) is 0 Å². The Morgan fingerprint density at radius 3 is 2.89 bits per heavy atom. The fraction of sp³-hybridized carbons (Fsp3) is 0.625. The van der Waals surface area contributed by atoms with Gasteiger partial charge >= 0.3 is 0 Å². The third-order valence-corrected chi connectivity index (χ3v) is 3.57. The smallest absolute Gasteiger partial charge is 0.123 e. The average molecular weight is 263 g/mol. The lowest BCUT2D eigenvalue weighted by molar-refractivity contribution is 0.187. The fourth-order valence-electron chi connectivity index (χ4n) is 2.65. The van der Waals surface area contributed by atoms with Crippen molar-refractivity contribution >= 4 is 0 Å². The first-order chi connectivity index (χ1) is 9.08. The molecular weight excluding hydrogens is 238 g/mol. The summed E-state index contributed by atoms with van der Waals surface area (Å²) in [7, 11) is 0. The van der Waals surface area contributed by atoms with Crippen LogP contribution in [0.25, 0.3) is 0 Å². The normalized spacial score (nSPS) is 19.3. The van der Waals surface area contributed by atoms with Crippen molar-refractivity contribution < 1.29 is 9.84 Å². The molecular formula is C16H25NO2. The lowest BCUT2D eigenvalue weighted by Crippen LogP contribution is -2.40. The highest BCUT2D eigenvalue weighted by Gasteiger charge is 2.23. The summed E-state index contributed by atoms with van der Waals surface area (Å²) in [5.41, 5.74) is 2.58. The van der Waals surface area contributed by atoms with Gasteiger partial charge in [-0.15, -0.1) is 0 Å². The van der Waals surface area contributed by atoms with Gasteiger partial charge in [-0.3, -0.25) is 0 Å². The van der Waals surface area contributed by atoms with Crippen molar-refractivity contribution in [1.82, 2.24) is 5.32 Å². The molecule has 19 heavy (non-hydrogen) atoms. The molecule has 0 radical (unpaired) electrons. The molecule has 2 rings (SSSR count). The molecule has 0 aromatic heterocycles. The topological polar surface area (TPSA) is 41.5 Å². The minimum Gasteiger partial charge on any atom is -0.488 e. The summed E-state index contributed by atoms with van der Waals surface area (Å²) in [6.07, 6.45) is 2.15. The second-order valence-electron chi connectivity index (χ2n) is 5.97. The number of aryl methyl sites for hydroxylation is 1. The predicted octanol–water partition coefficient (Wildman–Crippen LogP) is 2.30. The molecule has 106 valence electrons. The minimum absolute atomic E-state index is 0.175. The van der Waals surface area contributed by atoms with Gasteiger partial charge < -0.3 is 15.2 Å². The molecule has 0 spiro atoms. The second kappa shape index (κ2) is 6.40. The summed E-state index contributed by atoms with van der Waals surface area (Å²) in [5.74, 6) is 1.61. The van der Waals surface area contributed by atoms with Crippen LogP contribution >= 0.6 is 0 Å². The Bertz CT molecular complexity index is 417. The molecule has 0 saturated carbocycles. The number of aliphatic hydroxyl groups excluding tert-OH is 1. The zero-order valence-corrected chi connectivity index (χ0v) is 12.1. The number of nitrogens with one attached hydrogen (secondary N) is 1. The quantitative estimate of drug-likeness (QED) is 0.827. The molecule has 1 aliphatic rings. The molecule has 0 aliphatic carbocycles. The second-order valence-corrected chi connectivity index (χ2v) is 5.97. The zero-order chi connectivity index (χ0) is 13.8. The van der Waals surface area contributed by atoms with Crippen molar-refractivity contribution in [3.05, 3.63) is 29.3 Å². The van der Waals surface area contributed by atoms with E-state index in [0.717, 1.165) is 25.1 Å². The van der Waals surface area contributed by atoms with Crippen molar-refractivity contribution in [3.63, 3.8) is 0 Å². The van der Waals surface area contributed by atoms with Crippen molar-refractivity contribution in [2.45, 2.75) is 45.8 Å². The van der Waals surface area contributed by atoms with Gasteiger partial charge in [0.1, 0.15) is 11.9 Å². The molecule has 0 bridgehead atoms. The van der Waals surface area contributed by atoms with E-state index in [1.165, 1.54) is 11.1 Å². The van der Waals surface area contributed by atoms with Gasteiger partial charge in [-0.05, 0) is 30.9 Å². The Kier molecular flexibility index (Phi) is 4.83. The van der Waals surface area contributed by atoms with E-state index in [1.807, 2.05) is 0 Å². The van der Waals surface area contributed by atoms with E-state index in [9.17, 15) is 5.11 Å². The van der Waals surface area contributed by atoms with Gasteiger partial charge in [0, 0.05) is 19.0 Å². The Morgan fingerprint density at radius 2 is 2.21 bits per heavy atom. The van der Waals surface area contributed by atoms with E-state index in [1.54, 1.807) is 0 Å². The summed E-state index contributed by atoms with van der Waals surface area (Å²) in [5, 5.41) is 12.8. The van der Waals surface area contributed by atoms with Crippen LogP contribution in [0.1, 0.15) is 31.4 Å². The molecule has 3 heteroatoms. The van der Waals surface area contributed by atoms with E-state index in [0.29, 0.717) is 5.92 Å². The summed E-state index contributed by atoms with van der Waals surface area (Å²) < 4.78 is 5.92. The first kappa shape index (κ1) is 14.4. The van der Waals surface area contributed by atoms with E-state index in [-0.39, 0.29) is 18.8 Å². The number of rotatable bonds is 6. The summed E-state index contributed by atoms with van der Waals surface area (Å²) in [6, 6.07) is 6.52. The van der Waals surface area contributed by atoms with Crippen LogP contribution < -0.4 is 10.1 Å². The summed E-state index contributed by atoms with van der Waals surface area (Å²) >= 11 is 0. The number of ether oxygens (including phenoxy) is 1. The first-order valence-corrected chi connectivity index (χ1v) is 7.19. The SMILES string of the molecule is Cc1ccc2c(c1)CC(CNC(CO)CC(C)C)O2. The van der Waals surface area contributed by atoms with Crippen molar-refractivity contribution in [2.24, 2.45) is 5.92 Å². The van der Waals surface area contributed by atoms with E-state index >= 15 is 0 Å². The molecule has 0 amide bonds. The highest BCUT2D eigenvalue weighted by Crippen LogP contribution is 2.29. The number of hydrogen-bond donors (Lipinski definition) is 2. The maximum atomic E-state index is 9.36. The van der Waals surface area contributed by atoms with Gasteiger partial charge in [0.05, 0.1) is 6.61 Å². The molecule has 1 heterocycles. The van der Waals surface area contributed by atoms with Crippen LogP contribution in [0.2, 0.25) is 0 Å². The average Bonchev–Trinajstić information content (AvgIpc) is 2.75. The third-order valence-electron chi connectivity index (χ3n) is 3.57. The number of aliphatic hydroxyl groups is 1. The van der Waals surface area contributed by atoms with E-state index in [4.69, 9.17) is 4.74 Å². The molecule has 1 aromatic carbocycles. The summed E-state index contributed by atoms with van der Waals surface area (Å²) in [4.78, 5) is 0. The summed E-state index contributed by atoms with van der Waals surface area (Å²) in [6.45, 7) is 7.45. The number of benzene rings is 1. The number of fused-ring (bicyclic) bond motifs is 1. The molecule has 0 fully saturated rings. The minimum atomic E-state index is 0.175. The molecule has 1 aromatic rings. The molecule has 1 aliphatic heterocycles. The lowest BCUT2D eigenvalue weighted by Gasteiger charge is -2.20. The van der Waals surface area contributed by atoms with Crippen LogP contribution in [0.5, 0.6) is 5.75 Å². The van der Waals surface area contributed by atoms with Crippen LogP contribution in [0.15, 0.2) is 18.2 Å². The highest BCUT2D eigenvalue weighted by molar-refractivity contribution is 5.40. The maximum Gasteiger partial charge on any atom is 0.123 e.